The van der Waals surface area contributed by atoms with E-state index in [1.807, 2.05) is 0 Å². The van der Waals surface area contributed by atoms with Crippen LogP contribution in [0.15, 0.2) is 30.5 Å². The maximum Gasteiger partial charge on any atom is 0.319 e. The minimum Gasteiger partial charge on any atom is -0.462 e. The third-order valence-electron chi connectivity index (χ3n) is 4.41. The lowest BCUT2D eigenvalue weighted by atomic mass is 9.89. The van der Waals surface area contributed by atoms with Crippen molar-refractivity contribution in [3.63, 3.8) is 0 Å². The van der Waals surface area contributed by atoms with Crippen LogP contribution in [0.1, 0.15) is 37.3 Å². The normalized spacial score (nSPS) is 24.4. The number of benzene rings is 1. The maximum absolute atomic E-state index is 12.7. The Hall–Kier alpha value is -1.72. The fourth-order valence-electron chi connectivity index (χ4n) is 3.19. The first-order chi connectivity index (χ1) is 11.5. The van der Waals surface area contributed by atoms with E-state index < -0.39 is 24.0 Å². The van der Waals surface area contributed by atoms with Gasteiger partial charge in [-0.1, -0.05) is 35.8 Å². The number of carbonyl (C=O) groups is 2. The van der Waals surface area contributed by atoms with Crippen molar-refractivity contribution in [3.05, 3.63) is 46.1 Å². The van der Waals surface area contributed by atoms with Crippen LogP contribution in [0.2, 0.25) is 10.0 Å². The summed E-state index contributed by atoms with van der Waals surface area (Å²) in [6, 6.07) is 3.99. The van der Waals surface area contributed by atoms with Crippen LogP contribution in [0.5, 0.6) is 0 Å². The van der Waals surface area contributed by atoms with Crippen molar-refractivity contribution in [1.29, 1.82) is 0 Å². The second kappa shape index (κ2) is 7.03. The van der Waals surface area contributed by atoms with E-state index in [1.165, 1.54) is 0 Å². The van der Waals surface area contributed by atoms with E-state index in [1.54, 1.807) is 18.2 Å². The van der Waals surface area contributed by atoms with Crippen LogP contribution >= 0.6 is 23.2 Å². The van der Waals surface area contributed by atoms with Crippen molar-refractivity contribution in [2.75, 3.05) is 0 Å². The Bertz CT molecular complexity index is 686. The fraction of sp³-hybridized carbons (Fsp3) is 0.412. The molecule has 7 heteroatoms. The molecule has 2 N–H and O–H groups in total. The molecule has 1 aliphatic heterocycles. The van der Waals surface area contributed by atoms with Crippen LogP contribution in [0.4, 0.5) is 4.79 Å². The summed E-state index contributed by atoms with van der Waals surface area (Å²) in [5, 5.41) is 6.07. The molecule has 2 fully saturated rings. The molecule has 1 aromatic carbocycles. The molecule has 0 spiro atoms. The zero-order valence-electron chi connectivity index (χ0n) is 13.0. The molecule has 24 heavy (non-hydrogen) atoms. The van der Waals surface area contributed by atoms with Gasteiger partial charge < -0.3 is 15.4 Å². The summed E-state index contributed by atoms with van der Waals surface area (Å²) in [5.41, 5.74) is 0.992. The summed E-state index contributed by atoms with van der Waals surface area (Å²) in [4.78, 5) is 24.5. The van der Waals surface area contributed by atoms with Gasteiger partial charge in [0.2, 0.25) is 0 Å². The number of hydrogen-bond donors (Lipinski definition) is 2. The van der Waals surface area contributed by atoms with Gasteiger partial charge in [-0.2, -0.15) is 0 Å². The average molecular weight is 369 g/mol. The van der Waals surface area contributed by atoms with Crippen LogP contribution in [0, 0.1) is 5.92 Å². The molecule has 3 rings (SSSR count). The topological polar surface area (TPSA) is 67.4 Å². The molecule has 2 unspecified atom stereocenters. The highest BCUT2D eigenvalue weighted by Crippen LogP contribution is 2.34. The first kappa shape index (κ1) is 17.1. The van der Waals surface area contributed by atoms with Crippen molar-refractivity contribution >= 4 is 35.2 Å². The zero-order valence-corrected chi connectivity index (χ0v) is 14.5. The van der Waals surface area contributed by atoms with E-state index in [0.29, 0.717) is 21.3 Å². The van der Waals surface area contributed by atoms with Crippen molar-refractivity contribution in [2.24, 2.45) is 5.92 Å². The summed E-state index contributed by atoms with van der Waals surface area (Å²) in [5.74, 6) is -1.11. The number of nitrogens with one attached hydrogen (secondary N) is 2. The van der Waals surface area contributed by atoms with Crippen molar-refractivity contribution in [3.8, 4) is 0 Å². The van der Waals surface area contributed by atoms with Crippen LogP contribution in [-0.2, 0) is 9.53 Å². The Morgan fingerprint density at radius 2 is 1.92 bits per heavy atom. The molecule has 128 valence electrons. The molecule has 2 atom stereocenters. The number of esters is 1. The highest BCUT2D eigenvalue weighted by atomic mass is 35.5. The number of carbonyl (C=O) groups excluding carboxylic acids is 2. The van der Waals surface area contributed by atoms with Gasteiger partial charge in [0.1, 0.15) is 12.0 Å². The Morgan fingerprint density at radius 3 is 2.58 bits per heavy atom. The van der Waals surface area contributed by atoms with Crippen LogP contribution in [0.25, 0.3) is 0 Å². The average Bonchev–Trinajstić information content (AvgIpc) is 3.02. The highest BCUT2D eigenvalue weighted by molar-refractivity contribution is 6.42. The van der Waals surface area contributed by atoms with E-state index in [-0.39, 0.29) is 6.10 Å². The lowest BCUT2D eigenvalue weighted by Crippen LogP contribution is -2.51. The molecular weight excluding hydrogens is 351 g/mol. The third-order valence-corrected chi connectivity index (χ3v) is 5.15. The van der Waals surface area contributed by atoms with E-state index in [2.05, 4.69) is 17.2 Å². The second-order valence-corrected chi connectivity index (χ2v) is 6.91. The molecular formula is C17H18Cl2N2O3. The predicted octanol–water partition coefficient (Wildman–Crippen LogP) is 3.96. The lowest BCUT2D eigenvalue weighted by molar-refractivity contribution is -0.153. The number of halogens is 2. The molecule has 0 bridgehead atoms. The Morgan fingerprint density at radius 1 is 1.21 bits per heavy atom. The van der Waals surface area contributed by atoms with Gasteiger partial charge in [0, 0.05) is 5.70 Å². The number of urea groups is 1. The molecule has 1 aliphatic carbocycles. The van der Waals surface area contributed by atoms with Gasteiger partial charge in [-0.15, -0.1) is 0 Å². The molecule has 2 amide bonds. The van der Waals surface area contributed by atoms with Crippen LogP contribution in [0.3, 0.4) is 0 Å². The summed E-state index contributed by atoms with van der Waals surface area (Å²) in [6.45, 7) is 3.83. The van der Waals surface area contributed by atoms with Gasteiger partial charge in [0.25, 0.3) is 0 Å². The van der Waals surface area contributed by atoms with Gasteiger partial charge in [-0.3, -0.25) is 4.79 Å². The molecule has 0 radical (unpaired) electrons. The second-order valence-electron chi connectivity index (χ2n) is 6.10. The fourth-order valence-corrected chi connectivity index (χ4v) is 3.50. The molecule has 2 aliphatic rings. The third kappa shape index (κ3) is 3.52. The van der Waals surface area contributed by atoms with E-state index in [0.717, 1.165) is 25.7 Å². The minimum atomic E-state index is -0.722. The molecule has 1 aromatic rings. The maximum atomic E-state index is 12.7. The van der Waals surface area contributed by atoms with Gasteiger partial charge in [-0.25, -0.2) is 4.79 Å². The molecule has 1 heterocycles. The number of amides is 2. The Kier molecular flexibility index (Phi) is 5.01. The van der Waals surface area contributed by atoms with Crippen molar-refractivity contribution in [1.82, 2.24) is 10.6 Å². The summed E-state index contributed by atoms with van der Waals surface area (Å²) in [7, 11) is 0. The standard InChI is InChI=1S/C17H18Cl2N2O3/c1-9-14(16(22)24-11-4-2-3-5-11)15(21-17(23)20-9)10-6-7-12(18)13(19)8-10/h6-8,11,14-15H,1-5H2,(H2,20,21,23). The smallest absolute Gasteiger partial charge is 0.319 e. The van der Waals surface area contributed by atoms with Gasteiger partial charge in [-0.05, 0) is 43.4 Å². The Balaban J connectivity index is 1.87. The first-order valence-electron chi connectivity index (χ1n) is 7.87. The van der Waals surface area contributed by atoms with Crippen molar-refractivity contribution < 1.29 is 14.3 Å². The Labute approximate surface area is 150 Å². The predicted molar refractivity (Wildman–Crippen MR) is 91.8 cm³/mol. The molecule has 1 saturated heterocycles. The number of rotatable bonds is 3. The van der Waals surface area contributed by atoms with Gasteiger partial charge >= 0.3 is 12.0 Å². The van der Waals surface area contributed by atoms with Crippen LogP contribution < -0.4 is 10.6 Å². The van der Waals surface area contributed by atoms with E-state index in [4.69, 9.17) is 27.9 Å². The lowest BCUT2D eigenvalue weighted by Gasteiger charge is -2.34. The zero-order chi connectivity index (χ0) is 17.3. The number of hydrogen-bond acceptors (Lipinski definition) is 3. The molecule has 1 saturated carbocycles. The monoisotopic (exact) mass is 368 g/mol. The molecule has 0 aromatic heterocycles. The molecule has 5 nitrogen and oxygen atoms in total. The van der Waals surface area contributed by atoms with E-state index >= 15 is 0 Å². The SMILES string of the molecule is C=C1NC(=O)NC(c2ccc(Cl)c(Cl)c2)C1C(=O)OC1CCCC1. The van der Waals surface area contributed by atoms with Gasteiger partial charge in [0.05, 0.1) is 16.1 Å². The summed E-state index contributed by atoms with van der Waals surface area (Å²) >= 11 is 12.0. The first-order valence-corrected chi connectivity index (χ1v) is 8.63. The summed E-state index contributed by atoms with van der Waals surface area (Å²) < 4.78 is 5.61. The van der Waals surface area contributed by atoms with E-state index in [9.17, 15) is 9.59 Å². The quantitative estimate of drug-likeness (QED) is 0.793. The van der Waals surface area contributed by atoms with Crippen LogP contribution in [-0.4, -0.2) is 18.1 Å². The largest absolute Gasteiger partial charge is 0.462 e. The highest BCUT2D eigenvalue weighted by Gasteiger charge is 2.40. The van der Waals surface area contributed by atoms with Crippen molar-refractivity contribution in [2.45, 2.75) is 37.8 Å². The minimum absolute atomic E-state index is 0.0580. The van der Waals surface area contributed by atoms with Gasteiger partial charge in [0.15, 0.2) is 0 Å². The number of ether oxygens (including phenoxy) is 1. The summed E-state index contributed by atoms with van der Waals surface area (Å²) in [6.07, 6.45) is 3.82.